The number of nitrogens with zero attached hydrogens (tertiary/aromatic N) is 1. The van der Waals surface area contributed by atoms with Crippen LogP contribution < -0.4 is 4.90 Å². The Morgan fingerprint density at radius 1 is 0.297 bits per heavy atom. The highest BCUT2D eigenvalue weighted by Gasteiger charge is 2.18. The quantitative estimate of drug-likeness (QED) is 0.233. The number of benzene rings is 6. The first-order chi connectivity index (χ1) is 18.4. The Balaban J connectivity index is 1.62. The van der Waals surface area contributed by atoms with E-state index in [0.717, 1.165) is 17.1 Å². The van der Waals surface area contributed by atoms with Crippen molar-refractivity contribution in [1.29, 1.82) is 0 Å². The van der Waals surface area contributed by atoms with E-state index in [9.17, 15) is 0 Å². The van der Waals surface area contributed by atoms with E-state index in [1.165, 1.54) is 33.4 Å². The molecule has 6 rings (SSSR count). The zero-order valence-electron chi connectivity index (χ0n) is 20.5. The van der Waals surface area contributed by atoms with Crippen LogP contribution in [0.5, 0.6) is 0 Å². The number of anilines is 3. The Bertz CT molecular complexity index is 1530. The molecule has 0 saturated heterocycles. The molecule has 0 aliphatic rings. The minimum Gasteiger partial charge on any atom is -0.310 e. The zero-order chi connectivity index (χ0) is 24.9. The Hall–Kier alpha value is -4.88. The fraction of sp³-hybridized carbons (Fsp3) is 0. The summed E-state index contributed by atoms with van der Waals surface area (Å²) in [6, 6.07) is 58.1. The van der Waals surface area contributed by atoms with Crippen LogP contribution in [0.2, 0.25) is 0 Å². The molecule has 0 amide bonds. The summed E-state index contributed by atoms with van der Waals surface area (Å²) in [6.07, 6.45) is 0. The van der Waals surface area contributed by atoms with Crippen LogP contribution in [0.4, 0.5) is 17.1 Å². The standard InChI is InChI=1S/C36H27N/c1-5-15-28(16-6-1)31-25-32(29-17-7-2-8-18-29)27-34(26-31)37(33-21-11-4-12-22-33)36-24-14-13-23-35(36)30-19-9-3-10-20-30/h1-27H. The molecule has 37 heavy (non-hydrogen) atoms. The Morgan fingerprint density at radius 2 is 0.730 bits per heavy atom. The SMILES string of the molecule is c1ccc(-c2cc(-c3ccccc3)cc(N(c3ccccc3)c3ccccc3-c3ccccc3)c2)cc1. The highest BCUT2D eigenvalue weighted by molar-refractivity contribution is 5.90. The summed E-state index contributed by atoms with van der Waals surface area (Å²) < 4.78 is 0. The molecule has 176 valence electrons. The molecule has 0 heterocycles. The van der Waals surface area contributed by atoms with Crippen LogP contribution in [0, 0.1) is 0 Å². The van der Waals surface area contributed by atoms with Crippen LogP contribution in [-0.2, 0) is 0 Å². The molecule has 0 fully saturated rings. The fourth-order valence-electron chi connectivity index (χ4n) is 4.87. The first-order valence-corrected chi connectivity index (χ1v) is 12.6. The lowest BCUT2D eigenvalue weighted by molar-refractivity contribution is 1.28. The third-order valence-electron chi connectivity index (χ3n) is 6.63. The van der Waals surface area contributed by atoms with Crippen molar-refractivity contribution in [3.8, 4) is 33.4 Å². The van der Waals surface area contributed by atoms with Crippen molar-refractivity contribution in [1.82, 2.24) is 0 Å². The molecule has 6 aromatic carbocycles. The van der Waals surface area contributed by atoms with Gasteiger partial charge < -0.3 is 4.90 Å². The number of rotatable bonds is 6. The molecule has 0 aliphatic carbocycles. The van der Waals surface area contributed by atoms with Gasteiger partial charge in [0.25, 0.3) is 0 Å². The van der Waals surface area contributed by atoms with E-state index in [2.05, 4.69) is 169 Å². The molecule has 0 N–H and O–H groups in total. The zero-order valence-corrected chi connectivity index (χ0v) is 20.5. The van der Waals surface area contributed by atoms with Gasteiger partial charge >= 0.3 is 0 Å². The van der Waals surface area contributed by atoms with E-state index in [0.29, 0.717) is 0 Å². The lowest BCUT2D eigenvalue weighted by Gasteiger charge is -2.29. The minimum absolute atomic E-state index is 1.12. The second kappa shape index (κ2) is 10.4. The monoisotopic (exact) mass is 473 g/mol. The van der Waals surface area contributed by atoms with E-state index in [-0.39, 0.29) is 0 Å². The summed E-state index contributed by atoms with van der Waals surface area (Å²) >= 11 is 0. The lowest BCUT2D eigenvalue weighted by atomic mass is 9.96. The summed E-state index contributed by atoms with van der Waals surface area (Å²) in [4.78, 5) is 2.38. The molecular formula is C36H27N. The van der Waals surface area contributed by atoms with Crippen LogP contribution in [0.15, 0.2) is 164 Å². The van der Waals surface area contributed by atoms with Crippen molar-refractivity contribution >= 4 is 17.1 Å². The molecule has 6 aromatic rings. The highest BCUT2D eigenvalue weighted by atomic mass is 15.1. The molecule has 1 nitrogen and oxygen atoms in total. The molecule has 0 saturated carbocycles. The third-order valence-corrected chi connectivity index (χ3v) is 6.63. The van der Waals surface area contributed by atoms with E-state index in [1.54, 1.807) is 0 Å². The largest absolute Gasteiger partial charge is 0.310 e. The molecule has 1 heteroatoms. The lowest BCUT2D eigenvalue weighted by Crippen LogP contribution is -2.11. The Kier molecular flexibility index (Phi) is 6.34. The van der Waals surface area contributed by atoms with Crippen LogP contribution in [0.1, 0.15) is 0 Å². The van der Waals surface area contributed by atoms with E-state index in [4.69, 9.17) is 0 Å². The van der Waals surface area contributed by atoms with Gasteiger partial charge in [-0.25, -0.2) is 0 Å². The second-order valence-electron chi connectivity index (χ2n) is 9.05. The number of hydrogen-bond acceptors (Lipinski definition) is 1. The van der Waals surface area contributed by atoms with Crippen molar-refractivity contribution in [3.63, 3.8) is 0 Å². The van der Waals surface area contributed by atoms with Crippen LogP contribution >= 0.6 is 0 Å². The average Bonchev–Trinajstić information content (AvgIpc) is 2.99. The molecule has 0 atom stereocenters. The Morgan fingerprint density at radius 3 is 1.27 bits per heavy atom. The van der Waals surface area contributed by atoms with Crippen molar-refractivity contribution in [2.75, 3.05) is 4.90 Å². The van der Waals surface area contributed by atoms with Gasteiger partial charge in [-0.1, -0.05) is 127 Å². The van der Waals surface area contributed by atoms with Gasteiger partial charge in [0, 0.05) is 16.9 Å². The van der Waals surface area contributed by atoms with Crippen molar-refractivity contribution in [2.24, 2.45) is 0 Å². The third kappa shape index (κ3) is 4.80. The second-order valence-corrected chi connectivity index (χ2v) is 9.05. The maximum atomic E-state index is 2.38. The molecule has 0 aromatic heterocycles. The molecule has 0 unspecified atom stereocenters. The summed E-state index contributed by atoms with van der Waals surface area (Å²) in [5.74, 6) is 0. The minimum atomic E-state index is 1.12. The molecule has 0 spiro atoms. The first-order valence-electron chi connectivity index (χ1n) is 12.6. The van der Waals surface area contributed by atoms with Crippen molar-refractivity contribution < 1.29 is 0 Å². The van der Waals surface area contributed by atoms with Gasteiger partial charge in [0.2, 0.25) is 0 Å². The van der Waals surface area contributed by atoms with E-state index >= 15 is 0 Å². The van der Waals surface area contributed by atoms with Gasteiger partial charge in [-0.3, -0.25) is 0 Å². The molecule has 0 bridgehead atoms. The predicted octanol–water partition coefficient (Wildman–Crippen LogP) is 10.2. The Labute approximate surface area is 218 Å². The van der Waals surface area contributed by atoms with Crippen LogP contribution in [0.25, 0.3) is 33.4 Å². The molecular weight excluding hydrogens is 446 g/mol. The average molecular weight is 474 g/mol. The topological polar surface area (TPSA) is 3.24 Å². The van der Waals surface area contributed by atoms with E-state index < -0.39 is 0 Å². The summed E-state index contributed by atoms with van der Waals surface area (Å²) in [7, 11) is 0. The smallest absolute Gasteiger partial charge is 0.0540 e. The first kappa shape index (κ1) is 22.6. The van der Waals surface area contributed by atoms with Crippen LogP contribution in [-0.4, -0.2) is 0 Å². The van der Waals surface area contributed by atoms with Gasteiger partial charge in [0.1, 0.15) is 0 Å². The maximum Gasteiger partial charge on any atom is 0.0540 e. The molecule has 0 aliphatic heterocycles. The summed E-state index contributed by atoms with van der Waals surface area (Å²) in [6.45, 7) is 0. The van der Waals surface area contributed by atoms with E-state index in [1.807, 2.05) is 0 Å². The van der Waals surface area contributed by atoms with Gasteiger partial charge in [0.05, 0.1) is 5.69 Å². The van der Waals surface area contributed by atoms with Gasteiger partial charge in [-0.15, -0.1) is 0 Å². The summed E-state index contributed by atoms with van der Waals surface area (Å²) in [5, 5.41) is 0. The van der Waals surface area contributed by atoms with Gasteiger partial charge in [-0.2, -0.15) is 0 Å². The molecule has 0 radical (unpaired) electrons. The number of para-hydroxylation sites is 2. The van der Waals surface area contributed by atoms with Crippen LogP contribution in [0.3, 0.4) is 0 Å². The summed E-state index contributed by atoms with van der Waals surface area (Å²) in [5.41, 5.74) is 10.6. The van der Waals surface area contributed by atoms with Gasteiger partial charge in [0.15, 0.2) is 0 Å². The fourth-order valence-corrected chi connectivity index (χ4v) is 4.87. The van der Waals surface area contributed by atoms with Gasteiger partial charge in [-0.05, 0) is 64.2 Å². The van der Waals surface area contributed by atoms with Crippen molar-refractivity contribution in [3.05, 3.63) is 164 Å². The number of hydrogen-bond donors (Lipinski definition) is 0. The highest BCUT2D eigenvalue weighted by Crippen LogP contribution is 2.43. The van der Waals surface area contributed by atoms with Crippen molar-refractivity contribution in [2.45, 2.75) is 0 Å². The predicted molar refractivity (Wildman–Crippen MR) is 157 cm³/mol. The normalized spacial score (nSPS) is 10.7. The maximum absolute atomic E-state index is 2.38.